The molecule has 1 aliphatic rings. The molecule has 98 valence electrons. The van der Waals surface area contributed by atoms with Crippen LogP contribution in [0.2, 0.25) is 0 Å². The van der Waals surface area contributed by atoms with Gasteiger partial charge in [-0.25, -0.2) is 0 Å². The lowest BCUT2D eigenvalue weighted by molar-refractivity contribution is -0.384. The van der Waals surface area contributed by atoms with Crippen molar-refractivity contribution in [3.8, 4) is 0 Å². The fourth-order valence-corrected chi connectivity index (χ4v) is 2.26. The summed E-state index contributed by atoms with van der Waals surface area (Å²) >= 11 is 6.32. The summed E-state index contributed by atoms with van der Waals surface area (Å²) in [5.74, 6) is 0. The summed E-state index contributed by atoms with van der Waals surface area (Å²) in [5, 5.41) is 10.4. The Bertz CT molecular complexity index is 404. The van der Waals surface area contributed by atoms with Crippen molar-refractivity contribution in [3.05, 3.63) is 39.9 Å². The second-order valence-electron chi connectivity index (χ2n) is 4.23. The Kier molecular flexibility index (Phi) is 4.52. The number of nitrogens with zero attached hydrogens (tertiary/aromatic N) is 2. The number of ether oxygens (including phenoxy) is 1. The largest absolute Gasteiger partial charge is 0.379 e. The molecule has 0 spiro atoms. The molecule has 1 atom stereocenters. The predicted octanol–water partition coefficient (Wildman–Crippen LogP) is 2.21. The molecule has 0 N–H and O–H groups in total. The van der Waals surface area contributed by atoms with Gasteiger partial charge in [0, 0.05) is 31.8 Å². The second-order valence-corrected chi connectivity index (χ2v) is 4.76. The molecule has 1 saturated heterocycles. The van der Waals surface area contributed by atoms with Crippen LogP contribution in [0.25, 0.3) is 0 Å². The third-order valence-electron chi connectivity index (χ3n) is 2.99. The van der Waals surface area contributed by atoms with Gasteiger partial charge < -0.3 is 4.74 Å². The second kappa shape index (κ2) is 6.13. The third kappa shape index (κ3) is 3.41. The fourth-order valence-electron chi connectivity index (χ4n) is 1.92. The minimum atomic E-state index is -0.408. The van der Waals surface area contributed by atoms with Crippen LogP contribution in [0.15, 0.2) is 24.3 Å². The Morgan fingerprint density at radius 1 is 1.33 bits per heavy atom. The van der Waals surface area contributed by atoms with Crippen LogP contribution in [0.1, 0.15) is 10.9 Å². The van der Waals surface area contributed by atoms with E-state index < -0.39 is 4.92 Å². The maximum atomic E-state index is 10.5. The zero-order chi connectivity index (χ0) is 13.0. The number of hydrogen-bond acceptors (Lipinski definition) is 4. The molecule has 6 heteroatoms. The van der Waals surface area contributed by atoms with Gasteiger partial charge in [-0.1, -0.05) is 12.1 Å². The van der Waals surface area contributed by atoms with Crippen molar-refractivity contribution < 1.29 is 9.66 Å². The Morgan fingerprint density at radius 2 is 1.94 bits per heavy atom. The van der Waals surface area contributed by atoms with E-state index in [0.717, 1.165) is 38.4 Å². The zero-order valence-electron chi connectivity index (χ0n) is 9.92. The summed E-state index contributed by atoms with van der Waals surface area (Å²) in [4.78, 5) is 12.4. The lowest BCUT2D eigenvalue weighted by atomic mass is 10.1. The maximum Gasteiger partial charge on any atom is 0.269 e. The molecule has 0 bridgehead atoms. The first-order chi connectivity index (χ1) is 8.66. The fraction of sp³-hybridized carbons (Fsp3) is 0.500. The van der Waals surface area contributed by atoms with Crippen LogP contribution in [0, 0.1) is 10.1 Å². The van der Waals surface area contributed by atoms with Gasteiger partial charge >= 0.3 is 0 Å². The Balaban J connectivity index is 1.95. The summed E-state index contributed by atoms with van der Waals surface area (Å²) in [7, 11) is 0. The molecule has 18 heavy (non-hydrogen) atoms. The number of halogens is 1. The third-order valence-corrected chi connectivity index (χ3v) is 3.38. The number of nitro groups is 1. The lowest BCUT2D eigenvalue weighted by Gasteiger charge is -2.28. The van der Waals surface area contributed by atoms with Gasteiger partial charge in [-0.15, -0.1) is 11.6 Å². The van der Waals surface area contributed by atoms with Crippen molar-refractivity contribution in [1.82, 2.24) is 4.90 Å². The zero-order valence-corrected chi connectivity index (χ0v) is 10.7. The number of benzene rings is 1. The van der Waals surface area contributed by atoms with Crippen LogP contribution in [0.3, 0.4) is 0 Å². The number of rotatable bonds is 4. The molecule has 0 aromatic heterocycles. The first-order valence-electron chi connectivity index (χ1n) is 5.85. The van der Waals surface area contributed by atoms with Crippen LogP contribution >= 0.6 is 11.6 Å². The molecule has 0 saturated carbocycles. The van der Waals surface area contributed by atoms with E-state index in [-0.39, 0.29) is 11.1 Å². The van der Waals surface area contributed by atoms with Gasteiger partial charge in [-0.3, -0.25) is 15.0 Å². The molecule has 1 heterocycles. The predicted molar refractivity (Wildman–Crippen MR) is 68.9 cm³/mol. The normalized spacial score (nSPS) is 18.5. The van der Waals surface area contributed by atoms with Gasteiger partial charge in [-0.2, -0.15) is 0 Å². The first-order valence-corrected chi connectivity index (χ1v) is 6.29. The molecule has 0 aliphatic carbocycles. The van der Waals surface area contributed by atoms with E-state index in [9.17, 15) is 10.1 Å². The van der Waals surface area contributed by atoms with Crippen LogP contribution in [-0.2, 0) is 4.74 Å². The number of non-ortho nitro benzene ring substituents is 1. The summed E-state index contributed by atoms with van der Waals surface area (Å²) in [6.07, 6.45) is 0. The van der Waals surface area contributed by atoms with E-state index in [1.54, 1.807) is 12.1 Å². The molecule has 2 rings (SSSR count). The average Bonchev–Trinajstić information content (AvgIpc) is 2.40. The Morgan fingerprint density at radius 3 is 2.50 bits per heavy atom. The van der Waals surface area contributed by atoms with E-state index in [1.807, 2.05) is 0 Å². The molecule has 0 radical (unpaired) electrons. The molecule has 0 amide bonds. The van der Waals surface area contributed by atoms with E-state index in [4.69, 9.17) is 16.3 Å². The van der Waals surface area contributed by atoms with Crippen LogP contribution in [0.5, 0.6) is 0 Å². The summed E-state index contributed by atoms with van der Waals surface area (Å²) < 4.78 is 5.27. The van der Waals surface area contributed by atoms with Gasteiger partial charge in [0.05, 0.1) is 23.5 Å². The van der Waals surface area contributed by atoms with Gasteiger partial charge in [0.2, 0.25) is 0 Å². The van der Waals surface area contributed by atoms with Crippen molar-refractivity contribution in [1.29, 1.82) is 0 Å². The van der Waals surface area contributed by atoms with Crippen molar-refractivity contribution in [3.63, 3.8) is 0 Å². The molecule has 5 nitrogen and oxygen atoms in total. The van der Waals surface area contributed by atoms with E-state index in [0.29, 0.717) is 0 Å². The number of nitro benzene ring substituents is 1. The molecular formula is C12H15ClN2O3. The van der Waals surface area contributed by atoms with Gasteiger partial charge in [0.15, 0.2) is 0 Å². The number of alkyl halides is 1. The van der Waals surface area contributed by atoms with E-state index >= 15 is 0 Å². The maximum absolute atomic E-state index is 10.5. The topological polar surface area (TPSA) is 55.6 Å². The van der Waals surface area contributed by atoms with Gasteiger partial charge in [0.25, 0.3) is 5.69 Å². The smallest absolute Gasteiger partial charge is 0.269 e. The highest BCUT2D eigenvalue weighted by atomic mass is 35.5. The van der Waals surface area contributed by atoms with Crippen LogP contribution < -0.4 is 0 Å². The lowest BCUT2D eigenvalue weighted by Crippen LogP contribution is -2.38. The molecule has 1 aliphatic heterocycles. The van der Waals surface area contributed by atoms with Gasteiger partial charge in [0.1, 0.15) is 0 Å². The summed E-state index contributed by atoms with van der Waals surface area (Å²) in [5.41, 5.74) is 1.00. The highest BCUT2D eigenvalue weighted by Crippen LogP contribution is 2.24. The number of hydrogen-bond donors (Lipinski definition) is 0. The van der Waals surface area contributed by atoms with Crippen molar-refractivity contribution in [2.24, 2.45) is 0 Å². The SMILES string of the molecule is O=[N+]([O-])c1ccc(C(Cl)CN2CCOCC2)cc1. The Labute approximate surface area is 110 Å². The molecule has 1 fully saturated rings. The minimum Gasteiger partial charge on any atom is -0.379 e. The van der Waals surface area contributed by atoms with Crippen LogP contribution in [0.4, 0.5) is 5.69 Å². The molecule has 1 aromatic rings. The number of morpholine rings is 1. The molecular weight excluding hydrogens is 256 g/mol. The molecule has 1 unspecified atom stereocenters. The van der Waals surface area contributed by atoms with Crippen molar-refractivity contribution in [2.45, 2.75) is 5.38 Å². The summed E-state index contributed by atoms with van der Waals surface area (Å²) in [6, 6.07) is 6.42. The van der Waals surface area contributed by atoms with Crippen molar-refractivity contribution >= 4 is 17.3 Å². The monoisotopic (exact) mass is 270 g/mol. The highest BCUT2D eigenvalue weighted by molar-refractivity contribution is 6.21. The first kappa shape index (κ1) is 13.3. The van der Waals surface area contributed by atoms with Gasteiger partial charge in [-0.05, 0) is 5.56 Å². The quantitative estimate of drug-likeness (QED) is 0.478. The summed E-state index contributed by atoms with van der Waals surface area (Å²) in [6.45, 7) is 3.99. The minimum absolute atomic E-state index is 0.0917. The Hall–Kier alpha value is -1.17. The van der Waals surface area contributed by atoms with Crippen LogP contribution in [-0.4, -0.2) is 42.7 Å². The highest BCUT2D eigenvalue weighted by Gasteiger charge is 2.17. The average molecular weight is 271 g/mol. The van der Waals surface area contributed by atoms with E-state index in [1.165, 1.54) is 12.1 Å². The van der Waals surface area contributed by atoms with E-state index in [2.05, 4.69) is 4.90 Å². The van der Waals surface area contributed by atoms with Crippen molar-refractivity contribution in [2.75, 3.05) is 32.8 Å². The standard InChI is InChI=1S/C12H15ClN2O3/c13-12(9-14-5-7-18-8-6-14)10-1-3-11(4-2-10)15(16)17/h1-4,12H,5-9H2. The molecule has 1 aromatic carbocycles.